The third kappa shape index (κ3) is 4.49. The van der Waals surface area contributed by atoms with Gasteiger partial charge in [0.25, 0.3) is 0 Å². The van der Waals surface area contributed by atoms with Crippen LogP contribution in [-0.2, 0) is 0 Å². The summed E-state index contributed by atoms with van der Waals surface area (Å²) in [5.74, 6) is 5.59. The molecule has 0 saturated heterocycles. The van der Waals surface area contributed by atoms with Crippen LogP contribution in [0.5, 0.6) is 0 Å². The van der Waals surface area contributed by atoms with Crippen molar-refractivity contribution in [1.29, 1.82) is 0 Å². The molecule has 0 aliphatic heterocycles. The minimum absolute atomic E-state index is 0.0844. The van der Waals surface area contributed by atoms with E-state index in [0.29, 0.717) is 16.5 Å². The fourth-order valence-corrected chi connectivity index (χ4v) is 1.83. The average molecular weight is 299 g/mol. The summed E-state index contributed by atoms with van der Waals surface area (Å²) in [6.07, 6.45) is -0.464. The van der Waals surface area contributed by atoms with Crippen LogP contribution >= 0.6 is 15.9 Å². The predicted octanol–water partition coefficient (Wildman–Crippen LogP) is 4.06. The monoisotopic (exact) mass is 298 g/mol. The molecule has 1 aromatic rings. The van der Waals surface area contributed by atoms with Crippen LogP contribution in [0, 0.1) is 23.1 Å². The van der Waals surface area contributed by atoms with Crippen molar-refractivity contribution in [1.82, 2.24) is 0 Å². The van der Waals surface area contributed by atoms with Crippen molar-refractivity contribution in [3.63, 3.8) is 0 Å². The summed E-state index contributed by atoms with van der Waals surface area (Å²) in [7, 11) is 0. The van der Waals surface area contributed by atoms with Gasteiger partial charge in [-0.15, -0.1) is 0 Å². The first-order chi connectivity index (χ1) is 7.81. The molecule has 0 amide bonds. The first-order valence-corrected chi connectivity index (χ1v) is 6.22. The molecule has 17 heavy (non-hydrogen) atoms. The van der Waals surface area contributed by atoms with Gasteiger partial charge in [-0.2, -0.15) is 0 Å². The lowest BCUT2D eigenvalue weighted by Crippen LogP contribution is -2.01. The van der Waals surface area contributed by atoms with Gasteiger partial charge in [-0.1, -0.05) is 24.0 Å². The predicted molar refractivity (Wildman–Crippen MR) is 70.9 cm³/mol. The molecule has 0 fully saturated rings. The van der Waals surface area contributed by atoms with Crippen molar-refractivity contribution >= 4 is 15.9 Å². The lowest BCUT2D eigenvalue weighted by atomic mass is 9.97. The van der Waals surface area contributed by atoms with Gasteiger partial charge in [0.05, 0.1) is 10.6 Å². The summed E-state index contributed by atoms with van der Waals surface area (Å²) < 4.78 is 13.6. The molecule has 1 N–H and O–H groups in total. The molecule has 1 atom stereocenters. The smallest absolute Gasteiger partial charge is 0.137 e. The standard InChI is InChI=1S/C14H16BrFO/c1-14(2,3)9-5-8-12(17)10-6-4-7-11(16)13(10)15/h4,6-7,12,17H,8H2,1-3H3. The Morgan fingerprint density at radius 3 is 2.65 bits per heavy atom. The topological polar surface area (TPSA) is 20.2 Å². The van der Waals surface area contributed by atoms with Gasteiger partial charge in [0, 0.05) is 11.8 Å². The van der Waals surface area contributed by atoms with Crippen LogP contribution < -0.4 is 0 Å². The third-order valence-corrected chi connectivity index (χ3v) is 2.94. The largest absolute Gasteiger partial charge is 0.387 e. The molecule has 1 unspecified atom stereocenters. The molecule has 1 aromatic carbocycles. The van der Waals surface area contributed by atoms with E-state index in [0.717, 1.165) is 0 Å². The molecule has 0 aliphatic rings. The van der Waals surface area contributed by atoms with E-state index in [1.807, 2.05) is 20.8 Å². The molecule has 3 heteroatoms. The fraction of sp³-hybridized carbons (Fsp3) is 0.429. The highest BCUT2D eigenvalue weighted by atomic mass is 79.9. The van der Waals surface area contributed by atoms with E-state index in [-0.39, 0.29) is 11.2 Å². The van der Waals surface area contributed by atoms with Crippen LogP contribution in [0.1, 0.15) is 38.9 Å². The molecule has 0 aliphatic carbocycles. The average Bonchev–Trinajstić information content (AvgIpc) is 2.20. The van der Waals surface area contributed by atoms with Crippen molar-refractivity contribution in [3.8, 4) is 11.8 Å². The number of hydrogen-bond acceptors (Lipinski definition) is 1. The van der Waals surface area contributed by atoms with Gasteiger partial charge in [0.15, 0.2) is 0 Å². The van der Waals surface area contributed by atoms with Gasteiger partial charge in [-0.05, 0) is 48.3 Å². The molecule has 1 nitrogen and oxygen atoms in total. The van der Waals surface area contributed by atoms with Gasteiger partial charge in [0.1, 0.15) is 5.82 Å². The van der Waals surface area contributed by atoms with Crippen LogP contribution in [0.25, 0.3) is 0 Å². The third-order valence-electron chi connectivity index (χ3n) is 2.10. The number of halogens is 2. The van der Waals surface area contributed by atoms with E-state index in [1.54, 1.807) is 12.1 Å². The number of aliphatic hydroxyl groups excluding tert-OH is 1. The summed E-state index contributed by atoms with van der Waals surface area (Å²) in [5.41, 5.74) is 0.451. The lowest BCUT2D eigenvalue weighted by Gasteiger charge is -2.11. The maximum absolute atomic E-state index is 13.3. The molecule has 0 saturated carbocycles. The normalized spacial score (nSPS) is 12.8. The maximum atomic E-state index is 13.3. The molecular weight excluding hydrogens is 283 g/mol. The van der Waals surface area contributed by atoms with Crippen molar-refractivity contribution < 1.29 is 9.50 Å². The SMILES string of the molecule is CC(C)(C)C#CCC(O)c1cccc(F)c1Br. The Labute approximate surface area is 110 Å². The van der Waals surface area contributed by atoms with Crippen molar-refractivity contribution in [2.75, 3.05) is 0 Å². The van der Waals surface area contributed by atoms with Crippen LogP contribution in [0.2, 0.25) is 0 Å². The summed E-state index contributed by atoms with van der Waals surface area (Å²) in [6, 6.07) is 4.62. The Balaban J connectivity index is 2.80. The van der Waals surface area contributed by atoms with E-state index >= 15 is 0 Å². The van der Waals surface area contributed by atoms with Crippen LogP contribution in [-0.4, -0.2) is 5.11 Å². The first-order valence-electron chi connectivity index (χ1n) is 5.43. The Morgan fingerprint density at radius 1 is 1.41 bits per heavy atom. The van der Waals surface area contributed by atoms with Gasteiger partial charge in [-0.25, -0.2) is 4.39 Å². The lowest BCUT2D eigenvalue weighted by molar-refractivity contribution is 0.182. The second-order valence-electron chi connectivity index (χ2n) is 4.91. The summed E-state index contributed by atoms with van der Waals surface area (Å²) in [4.78, 5) is 0. The van der Waals surface area contributed by atoms with Crippen molar-refractivity contribution in [3.05, 3.63) is 34.1 Å². The number of hydrogen-bond donors (Lipinski definition) is 1. The zero-order valence-corrected chi connectivity index (χ0v) is 11.8. The fourth-order valence-electron chi connectivity index (χ4n) is 1.30. The maximum Gasteiger partial charge on any atom is 0.137 e. The van der Waals surface area contributed by atoms with Gasteiger partial charge in [0.2, 0.25) is 0 Å². The van der Waals surface area contributed by atoms with Crippen LogP contribution in [0.4, 0.5) is 4.39 Å². The quantitative estimate of drug-likeness (QED) is 0.816. The highest BCUT2D eigenvalue weighted by Crippen LogP contribution is 2.27. The Bertz CT molecular complexity index is 452. The second kappa shape index (κ2) is 5.66. The molecule has 0 radical (unpaired) electrons. The number of benzene rings is 1. The molecule has 0 aromatic heterocycles. The summed E-state index contributed by atoms with van der Waals surface area (Å²) in [5, 5.41) is 9.92. The van der Waals surface area contributed by atoms with E-state index in [4.69, 9.17) is 0 Å². The highest BCUT2D eigenvalue weighted by molar-refractivity contribution is 9.10. The van der Waals surface area contributed by atoms with Gasteiger partial charge >= 0.3 is 0 Å². The molecular formula is C14H16BrFO. The van der Waals surface area contributed by atoms with Crippen molar-refractivity contribution in [2.45, 2.75) is 33.3 Å². The van der Waals surface area contributed by atoms with E-state index in [1.165, 1.54) is 6.07 Å². The molecule has 0 bridgehead atoms. The van der Waals surface area contributed by atoms with Crippen LogP contribution in [0.3, 0.4) is 0 Å². The zero-order chi connectivity index (χ0) is 13.1. The number of aliphatic hydroxyl groups is 1. The van der Waals surface area contributed by atoms with Gasteiger partial charge < -0.3 is 5.11 Å². The van der Waals surface area contributed by atoms with E-state index < -0.39 is 6.10 Å². The van der Waals surface area contributed by atoms with Crippen molar-refractivity contribution in [2.24, 2.45) is 5.41 Å². The minimum atomic E-state index is -0.769. The molecule has 0 heterocycles. The molecule has 92 valence electrons. The highest BCUT2D eigenvalue weighted by Gasteiger charge is 2.13. The second-order valence-corrected chi connectivity index (χ2v) is 5.71. The summed E-state index contributed by atoms with van der Waals surface area (Å²) >= 11 is 3.13. The first kappa shape index (κ1) is 14.2. The van der Waals surface area contributed by atoms with Crippen LogP contribution in [0.15, 0.2) is 22.7 Å². The Hall–Kier alpha value is -0.850. The zero-order valence-electron chi connectivity index (χ0n) is 10.2. The Morgan fingerprint density at radius 2 is 2.06 bits per heavy atom. The summed E-state index contributed by atoms with van der Waals surface area (Å²) in [6.45, 7) is 6.01. The molecule has 1 rings (SSSR count). The Kier molecular flexibility index (Phi) is 4.73. The minimum Gasteiger partial charge on any atom is -0.387 e. The van der Waals surface area contributed by atoms with E-state index in [2.05, 4.69) is 27.8 Å². The molecule has 0 spiro atoms. The van der Waals surface area contributed by atoms with E-state index in [9.17, 15) is 9.50 Å². The van der Waals surface area contributed by atoms with Gasteiger partial charge in [-0.3, -0.25) is 0 Å². The number of rotatable bonds is 2.